The van der Waals surface area contributed by atoms with Crippen molar-refractivity contribution in [1.82, 2.24) is 4.98 Å². The molecule has 1 aliphatic rings. The Bertz CT molecular complexity index is 889. The molecule has 0 spiro atoms. The summed E-state index contributed by atoms with van der Waals surface area (Å²) in [6.45, 7) is 4.10. The number of aromatic nitrogens is 1. The number of pyridine rings is 1. The first-order valence-corrected chi connectivity index (χ1v) is 10.9. The molecule has 9 nitrogen and oxygen atoms in total. The van der Waals surface area contributed by atoms with Crippen molar-refractivity contribution < 1.29 is 39.4 Å². The second-order valence-corrected chi connectivity index (χ2v) is 8.24. The summed E-state index contributed by atoms with van der Waals surface area (Å²) in [5.74, 6) is 0.272. The highest BCUT2D eigenvalue weighted by Crippen LogP contribution is 2.29. The van der Waals surface area contributed by atoms with Gasteiger partial charge in [0.25, 0.3) is 0 Å². The van der Waals surface area contributed by atoms with Gasteiger partial charge in [0, 0.05) is 24.8 Å². The summed E-state index contributed by atoms with van der Waals surface area (Å²) in [5.41, 5.74) is 4.69. The lowest BCUT2D eigenvalue weighted by atomic mass is 9.98. The van der Waals surface area contributed by atoms with Crippen LogP contribution in [0.25, 0.3) is 0 Å². The highest BCUT2D eigenvalue weighted by Gasteiger charge is 2.45. The van der Waals surface area contributed by atoms with Gasteiger partial charge in [-0.3, -0.25) is 0 Å². The fraction of sp³-hybridized carbons (Fsp3) is 0.542. The first kappa shape index (κ1) is 25.5. The minimum absolute atomic E-state index is 0.272. The quantitative estimate of drug-likeness (QED) is 0.296. The fourth-order valence-corrected chi connectivity index (χ4v) is 3.78. The number of aliphatic hydroxyl groups is 4. The zero-order valence-corrected chi connectivity index (χ0v) is 19.2. The van der Waals surface area contributed by atoms with Crippen molar-refractivity contribution in [3.05, 3.63) is 58.3 Å². The summed E-state index contributed by atoms with van der Waals surface area (Å²) in [6.07, 6.45) is -5.50. The molecule has 1 aromatic heterocycles. The molecule has 2 heterocycles. The van der Waals surface area contributed by atoms with Crippen molar-refractivity contribution in [3.63, 3.8) is 0 Å². The SMILES string of the molecule is COCOCCc1ccc(Cc2c(C)cc(C)nc2O[C@@H]2O[C@H](CO)[C@@H](O)[C@H](O)[C@H]2O)cc1. The number of ether oxygens (including phenoxy) is 4. The third kappa shape index (κ3) is 6.48. The lowest BCUT2D eigenvalue weighted by molar-refractivity contribution is -0.278. The Morgan fingerprint density at radius 3 is 2.36 bits per heavy atom. The topological polar surface area (TPSA) is 131 Å². The van der Waals surface area contributed by atoms with E-state index in [-0.39, 0.29) is 12.7 Å². The van der Waals surface area contributed by atoms with Crippen LogP contribution < -0.4 is 4.74 Å². The number of hydrogen-bond acceptors (Lipinski definition) is 9. The number of hydrogen-bond donors (Lipinski definition) is 4. The van der Waals surface area contributed by atoms with E-state index in [2.05, 4.69) is 4.98 Å². The zero-order valence-electron chi connectivity index (χ0n) is 19.2. The van der Waals surface area contributed by atoms with Crippen molar-refractivity contribution in [2.45, 2.75) is 57.4 Å². The van der Waals surface area contributed by atoms with E-state index in [0.29, 0.717) is 13.0 Å². The highest BCUT2D eigenvalue weighted by molar-refractivity contribution is 5.40. The summed E-state index contributed by atoms with van der Waals surface area (Å²) >= 11 is 0. The predicted molar refractivity (Wildman–Crippen MR) is 119 cm³/mol. The Morgan fingerprint density at radius 2 is 1.70 bits per heavy atom. The van der Waals surface area contributed by atoms with Crippen LogP contribution in [-0.4, -0.2) is 83.2 Å². The van der Waals surface area contributed by atoms with E-state index in [9.17, 15) is 20.4 Å². The van der Waals surface area contributed by atoms with Crippen LogP contribution in [0.15, 0.2) is 30.3 Å². The molecule has 33 heavy (non-hydrogen) atoms. The molecule has 0 radical (unpaired) electrons. The summed E-state index contributed by atoms with van der Waals surface area (Å²) in [7, 11) is 1.59. The lowest BCUT2D eigenvalue weighted by Crippen LogP contribution is -2.60. The molecule has 0 aliphatic carbocycles. The van der Waals surface area contributed by atoms with E-state index in [0.717, 1.165) is 34.4 Å². The number of aliphatic hydroxyl groups excluding tert-OH is 4. The number of methoxy groups -OCH3 is 1. The Labute approximate surface area is 193 Å². The van der Waals surface area contributed by atoms with Gasteiger partial charge in [0.2, 0.25) is 12.2 Å². The van der Waals surface area contributed by atoms with E-state index in [1.54, 1.807) is 7.11 Å². The second-order valence-electron chi connectivity index (χ2n) is 8.24. The second kappa shape index (κ2) is 11.8. The average molecular weight is 464 g/mol. The van der Waals surface area contributed by atoms with Crippen LogP contribution in [0, 0.1) is 13.8 Å². The zero-order chi connectivity index (χ0) is 24.0. The van der Waals surface area contributed by atoms with Crippen molar-refractivity contribution in [1.29, 1.82) is 0 Å². The molecule has 0 saturated carbocycles. The van der Waals surface area contributed by atoms with E-state index < -0.39 is 37.3 Å². The summed E-state index contributed by atoms with van der Waals surface area (Å²) in [4.78, 5) is 4.48. The number of rotatable bonds is 10. The molecule has 2 aromatic rings. The van der Waals surface area contributed by atoms with Gasteiger partial charge in [-0.1, -0.05) is 24.3 Å². The number of aryl methyl sites for hydroxylation is 2. The largest absolute Gasteiger partial charge is 0.445 e. The minimum Gasteiger partial charge on any atom is -0.445 e. The normalized spacial score (nSPS) is 25.2. The van der Waals surface area contributed by atoms with Gasteiger partial charge in [0.05, 0.1) is 13.2 Å². The van der Waals surface area contributed by atoms with Crippen molar-refractivity contribution in [2.24, 2.45) is 0 Å². The third-order valence-corrected chi connectivity index (χ3v) is 5.65. The molecule has 0 amide bonds. The van der Waals surface area contributed by atoms with Crippen LogP contribution in [0.2, 0.25) is 0 Å². The maximum atomic E-state index is 10.3. The van der Waals surface area contributed by atoms with E-state index in [1.807, 2.05) is 44.2 Å². The van der Waals surface area contributed by atoms with Crippen LogP contribution in [-0.2, 0) is 27.1 Å². The van der Waals surface area contributed by atoms with Crippen LogP contribution in [0.5, 0.6) is 5.88 Å². The van der Waals surface area contributed by atoms with Gasteiger partial charge >= 0.3 is 0 Å². The number of nitrogens with zero attached hydrogens (tertiary/aromatic N) is 1. The van der Waals surface area contributed by atoms with E-state index in [4.69, 9.17) is 18.9 Å². The van der Waals surface area contributed by atoms with Crippen molar-refractivity contribution in [3.8, 4) is 5.88 Å². The van der Waals surface area contributed by atoms with Crippen LogP contribution in [0.3, 0.4) is 0 Å². The maximum absolute atomic E-state index is 10.3. The van der Waals surface area contributed by atoms with Crippen LogP contribution in [0.4, 0.5) is 0 Å². The van der Waals surface area contributed by atoms with Gasteiger partial charge in [-0.25, -0.2) is 4.98 Å². The van der Waals surface area contributed by atoms with Crippen LogP contribution in [0.1, 0.15) is 27.9 Å². The summed E-state index contributed by atoms with van der Waals surface area (Å²) in [5, 5.41) is 39.8. The first-order chi connectivity index (χ1) is 15.8. The first-order valence-electron chi connectivity index (χ1n) is 10.9. The molecule has 5 atom stereocenters. The average Bonchev–Trinajstić information content (AvgIpc) is 2.80. The van der Waals surface area contributed by atoms with Crippen LogP contribution >= 0.6 is 0 Å². The molecular weight excluding hydrogens is 430 g/mol. The lowest BCUT2D eigenvalue weighted by Gasteiger charge is -2.39. The Morgan fingerprint density at radius 1 is 1.00 bits per heavy atom. The minimum atomic E-state index is -1.52. The van der Waals surface area contributed by atoms with E-state index in [1.165, 1.54) is 0 Å². The monoisotopic (exact) mass is 463 g/mol. The molecule has 9 heteroatoms. The van der Waals surface area contributed by atoms with Gasteiger partial charge in [0.15, 0.2) is 0 Å². The van der Waals surface area contributed by atoms with Gasteiger partial charge in [-0.15, -0.1) is 0 Å². The van der Waals surface area contributed by atoms with Gasteiger partial charge in [-0.2, -0.15) is 0 Å². The standard InChI is InChI=1S/C24H33NO8/c1-14-10-15(2)25-23(33-24-22(29)21(28)20(27)19(12-26)32-24)18(14)11-17-6-4-16(5-7-17)8-9-31-13-30-3/h4-7,10,19-22,24,26-29H,8-9,11-13H2,1-3H3/t19-,20-,21+,22-,24+/m1/s1. The molecule has 1 aromatic carbocycles. The molecule has 1 saturated heterocycles. The highest BCUT2D eigenvalue weighted by atomic mass is 16.7. The predicted octanol–water partition coefficient (Wildman–Crippen LogP) is 0.631. The third-order valence-electron chi connectivity index (χ3n) is 5.65. The summed E-state index contributed by atoms with van der Waals surface area (Å²) in [6, 6.07) is 10.1. The maximum Gasteiger partial charge on any atom is 0.231 e. The number of benzene rings is 1. The van der Waals surface area contributed by atoms with Gasteiger partial charge in [0.1, 0.15) is 31.2 Å². The smallest absolute Gasteiger partial charge is 0.231 e. The molecule has 3 rings (SSSR count). The van der Waals surface area contributed by atoms with Gasteiger partial charge in [-0.05, 0) is 43.0 Å². The molecule has 0 bridgehead atoms. The van der Waals surface area contributed by atoms with Gasteiger partial charge < -0.3 is 39.4 Å². The molecule has 1 fully saturated rings. The molecule has 1 aliphatic heterocycles. The molecular formula is C24H33NO8. The molecule has 0 unspecified atom stereocenters. The van der Waals surface area contributed by atoms with Crippen molar-refractivity contribution in [2.75, 3.05) is 27.1 Å². The fourth-order valence-electron chi connectivity index (χ4n) is 3.78. The Hall–Kier alpha value is -2.11. The summed E-state index contributed by atoms with van der Waals surface area (Å²) < 4.78 is 21.6. The Balaban J connectivity index is 1.76. The Kier molecular flexibility index (Phi) is 9.16. The van der Waals surface area contributed by atoms with E-state index >= 15 is 0 Å². The molecule has 182 valence electrons. The molecule has 4 N–H and O–H groups in total. The van der Waals surface area contributed by atoms with Crippen molar-refractivity contribution >= 4 is 0 Å².